The zero-order valence-corrected chi connectivity index (χ0v) is 13.5. The minimum absolute atomic E-state index is 0.0472. The molecule has 0 heterocycles. The molecule has 0 aromatic carbocycles. The molecule has 0 bridgehead atoms. The summed E-state index contributed by atoms with van der Waals surface area (Å²) in [4.78, 5) is 25.2. The van der Waals surface area contributed by atoms with Crippen LogP contribution in [0.2, 0.25) is 0 Å². The van der Waals surface area contributed by atoms with Gasteiger partial charge in [-0.15, -0.1) is 0 Å². The number of rotatable bonds is 8. The van der Waals surface area contributed by atoms with Crippen LogP contribution in [0.3, 0.4) is 0 Å². The molecule has 0 aromatic rings. The van der Waals surface area contributed by atoms with Gasteiger partial charge in [-0.25, -0.2) is 4.79 Å². The third-order valence-corrected chi connectivity index (χ3v) is 4.33. The Hall–Kier alpha value is -1.26. The number of nitrogens with zero attached hydrogens (tertiary/aromatic N) is 1. The molecular formula is C16H30N2O3. The summed E-state index contributed by atoms with van der Waals surface area (Å²) in [5, 5.41) is 12.1. The Morgan fingerprint density at radius 1 is 1.10 bits per heavy atom. The van der Waals surface area contributed by atoms with Crippen LogP contribution in [-0.2, 0) is 4.79 Å². The van der Waals surface area contributed by atoms with Gasteiger partial charge < -0.3 is 15.3 Å². The predicted octanol–water partition coefficient (Wildman–Crippen LogP) is 3.24. The van der Waals surface area contributed by atoms with Gasteiger partial charge in [0.05, 0.1) is 6.42 Å². The molecular weight excluding hydrogens is 268 g/mol. The smallest absolute Gasteiger partial charge is 0.317 e. The van der Waals surface area contributed by atoms with E-state index in [1.165, 1.54) is 6.42 Å². The lowest BCUT2D eigenvalue weighted by Crippen LogP contribution is -2.46. The van der Waals surface area contributed by atoms with Gasteiger partial charge in [-0.2, -0.15) is 0 Å². The molecule has 0 spiro atoms. The number of nitrogens with one attached hydrogen (secondary N) is 1. The van der Waals surface area contributed by atoms with E-state index in [9.17, 15) is 9.59 Å². The van der Waals surface area contributed by atoms with Crippen molar-refractivity contribution in [1.82, 2.24) is 10.2 Å². The van der Waals surface area contributed by atoms with E-state index in [1.807, 2.05) is 4.90 Å². The van der Waals surface area contributed by atoms with Gasteiger partial charge >= 0.3 is 12.0 Å². The molecule has 2 amide bonds. The summed E-state index contributed by atoms with van der Waals surface area (Å²) in [5.74, 6) is -0.759. The average molecular weight is 298 g/mol. The van der Waals surface area contributed by atoms with Crippen LogP contribution < -0.4 is 5.32 Å². The number of carboxylic acids is 1. The van der Waals surface area contributed by atoms with Crippen molar-refractivity contribution >= 4 is 12.0 Å². The van der Waals surface area contributed by atoms with Crippen LogP contribution in [0.15, 0.2) is 0 Å². The molecule has 0 radical (unpaired) electrons. The highest BCUT2D eigenvalue weighted by atomic mass is 16.4. The molecule has 0 aliphatic heterocycles. The molecule has 1 rings (SSSR count). The second-order valence-electron chi connectivity index (χ2n) is 6.28. The Kier molecular flexibility index (Phi) is 7.54. The Bertz CT molecular complexity index is 332. The highest BCUT2D eigenvalue weighted by molar-refractivity contribution is 5.74. The van der Waals surface area contributed by atoms with Crippen LogP contribution in [0.25, 0.3) is 0 Å². The molecule has 0 unspecified atom stereocenters. The molecule has 0 atom stereocenters. The third kappa shape index (κ3) is 5.94. The van der Waals surface area contributed by atoms with Crippen molar-refractivity contribution < 1.29 is 14.7 Å². The van der Waals surface area contributed by atoms with Crippen LogP contribution in [0.5, 0.6) is 0 Å². The SMILES string of the molecule is CCCN(CCC)C(=O)NCC1(CC(=O)O)CCCCC1. The van der Waals surface area contributed by atoms with Crippen LogP contribution in [0, 0.1) is 5.41 Å². The first-order valence-electron chi connectivity index (χ1n) is 8.27. The van der Waals surface area contributed by atoms with E-state index in [1.54, 1.807) is 0 Å². The first-order chi connectivity index (χ1) is 10.0. The quantitative estimate of drug-likeness (QED) is 0.722. The second kappa shape index (κ2) is 8.90. The Morgan fingerprint density at radius 3 is 2.14 bits per heavy atom. The lowest BCUT2D eigenvalue weighted by atomic mass is 9.72. The van der Waals surface area contributed by atoms with Crippen molar-refractivity contribution in [2.24, 2.45) is 5.41 Å². The number of urea groups is 1. The number of hydrogen-bond acceptors (Lipinski definition) is 2. The highest BCUT2D eigenvalue weighted by Gasteiger charge is 2.35. The van der Waals surface area contributed by atoms with Crippen LogP contribution >= 0.6 is 0 Å². The molecule has 1 aliphatic carbocycles. The van der Waals surface area contributed by atoms with Gasteiger partial charge in [0.15, 0.2) is 0 Å². The predicted molar refractivity (Wildman–Crippen MR) is 83.3 cm³/mol. The number of carbonyl (C=O) groups excluding carboxylic acids is 1. The minimum atomic E-state index is -0.759. The normalized spacial score (nSPS) is 17.2. The summed E-state index contributed by atoms with van der Waals surface area (Å²) in [6.45, 7) is 6.12. The number of carbonyl (C=O) groups is 2. The summed E-state index contributed by atoms with van der Waals surface area (Å²) < 4.78 is 0. The first-order valence-corrected chi connectivity index (χ1v) is 8.27. The van der Waals surface area contributed by atoms with E-state index < -0.39 is 5.97 Å². The van der Waals surface area contributed by atoms with Crippen molar-refractivity contribution in [1.29, 1.82) is 0 Å². The van der Waals surface area contributed by atoms with Gasteiger partial charge in [-0.1, -0.05) is 33.1 Å². The summed E-state index contributed by atoms with van der Waals surface area (Å²) in [6.07, 6.45) is 7.15. The summed E-state index contributed by atoms with van der Waals surface area (Å²) in [7, 11) is 0. The number of carboxylic acid groups (broad SMARTS) is 1. The fourth-order valence-corrected chi connectivity index (χ4v) is 3.27. The molecule has 1 saturated carbocycles. The van der Waals surface area contributed by atoms with Crippen molar-refractivity contribution in [3.8, 4) is 0 Å². The lowest BCUT2D eigenvalue weighted by Gasteiger charge is -2.37. The van der Waals surface area contributed by atoms with E-state index in [4.69, 9.17) is 5.11 Å². The average Bonchev–Trinajstić information content (AvgIpc) is 2.45. The van der Waals surface area contributed by atoms with Gasteiger partial charge in [0.25, 0.3) is 0 Å². The standard InChI is InChI=1S/C16H30N2O3/c1-3-10-18(11-4-2)15(21)17-13-16(12-14(19)20)8-6-5-7-9-16/h3-13H2,1-2H3,(H,17,21)(H,19,20). The molecule has 0 saturated heterocycles. The maximum Gasteiger partial charge on any atom is 0.317 e. The molecule has 1 fully saturated rings. The Morgan fingerprint density at radius 2 is 1.67 bits per heavy atom. The van der Waals surface area contributed by atoms with Crippen molar-refractivity contribution in [2.75, 3.05) is 19.6 Å². The zero-order valence-electron chi connectivity index (χ0n) is 13.5. The number of amides is 2. The van der Waals surface area contributed by atoms with Gasteiger partial charge in [0.2, 0.25) is 0 Å². The van der Waals surface area contributed by atoms with E-state index >= 15 is 0 Å². The van der Waals surface area contributed by atoms with Crippen molar-refractivity contribution in [3.05, 3.63) is 0 Å². The molecule has 0 aromatic heterocycles. The Balaban J connectivity index is 2.58. The van der Waals surface area contributed by atoms with Crippen LogP contribution in [-0.4, -0.2) is 41.6 Å². The largest absolute Gasteiger partial charge is 0.481 e. The maximum atomic E-state index is 12.3. The second-order valence-corrected chi connectivity index (χ2v) is 6.28. The van der Waals surface area contributed by atoms with Crippen molar-refractivity contribution in [2.45, 2.75) is 65.2 Å². The fourth-order valence-electron chi connectivity index (χ4n) is 3.27. The Labute approximate surface area is 128 Å². The van der Waals surface area contributed by atoms with E-state index in [2.05, 4.69) is 19.2 Å². The molecule has 2 N–H and O–H groups in total. The summed E-state index contributed by atoms with van der Waals surface area (Å²) in [5.41, 5.74) is -0.246. The zero-order chi connectivity index (χ0) is 15.7. The summed E-state index contributed by atoms with van der Waals surface area (Å²) in [6, 6.07) is -0.0472. The topological polar surface area (TPSA) is 69.6 Å². The van der Waals surface area contributed by atoms with E-state index in [0.717, 1.165) is 51.6 Å². The van der Waals surface area contributed by atoms with Crippen LogP contribution in [0.4, 0.5) is 4.79 Å². The van der Waals surface area contributed by atoms with Crippen LogP contribution in [0.1, 0.15) is 65.2 Å². The van der Waals surface area contributed by atoms with E-state index in [-0.39, 0.29) is 17.9 Å². The van der Waals surface area contributed by atoms with Gasteiger partial charge in [0.1, 0.15) is 0 Å². The van der Waals surface area contributed by atoms with E-state index in [0.29, 0.717) is 6.54 Å². The molecule has 5 nitrogen and oxygen atoms in total. The molecule has 5 heteroatoms. The minimum Gasteiger partial charge on any atom is -0.481 e. The molecule has 1 aliphatic rings. The van der Waals surface area contributed by atoms with Gasteiger partial charge in [0, 0.05) is 19.6 Å². The van der Waals surface area contributed by atoms with Gasteiger partial charge in [-0.05, 0) is 31.1 Å². The number of hydrogen-bond donors (Lipinski definition) is 2. The summed E-state index contributed by atoms with van der Waals surface area (Å²) >= 11 is 0. The van der Waals surface area contributed by atoms with Crippen molar-refractivity contribution in [3.63, 3.8) is 0 Å². The van der Waals surface area contributed by atoms with Gasteiger partial charge in [-0.3, -0.25) is 4.79 Å². The monoisotopic (exact) mass is 298 g/mol. The molecule has 122 valence electrons. The first kappa shape index (κ1) is 17.8. The molecule has 21 heavy (non-hydrogen) atoms. The highest BCUT2D eigenvalue weighted by Crippen LogP contribution is 2.38. The fraction of sp³-hybridized carbons (Fsp3) is 0.875. The number of aliphatic carboxylic acids is 1. The lowest BCUT2D eigenvalue weighted by molar-refractivity contribution is -0.140. The third-order valence-electron chi connectivity index (χ3n) is 4.33. The maximum absolute atomic E-state index is 12.3.